The van der Waals surface area contributed by atoms with Crippen LogP contribution in [-0.2, 0) is 4.79 Å². The molecule has 4 heteroatoms. The van der Waals surface area contributed by atoms with Gasteiger partial charge in [-0.25, -0.2) is 4.79 Å². The summed E-state index contributed by atoms with van der Waals surface area (Å²) in [5.41, 5.74) is 7.78. The number of carboxylic acid groups (broad SMARTS) is 1. The molecule has 0 amide bonds. The van der Waals surface area contributed by atoms with Gasteiger partial charge < -0.3 is 10.4 Å². The third-order valence-corrected chi connectivity index (χ3v) is 6.38. The fraction of sp³-hybridized carbons (Fsp3) is 0.536. The van der Waals surface area contributed by atoms with Gasteiger partial charge in [-0.05, 0) is 79.2 Å². The second-order valence-corrected chi connectivity index (χ2v) is 10.2. The molecule has 1 rings (SSSR count). The molecule has 0 heterocycles. The van der Waals surface area contributed by atoms with Gasteiger partial charge in [0, 0.05) is 23.6 Å². The summed E-state index contributed by atoms with van der Waals surface area (Å²) in [6.07, 6.45) is 19.5. The minimum atomic E-state index is -0.785. The number of rotatable bonds is 15. The van der Waals surface area contributed by atoms with Crippen LogP contribution in [0, 0.1) is 0 Å². The maximum Gasteiger partial charge on any atom is 0.326 e. The van der Waals surface area contributed by atoms with Crippen molar-refractivity contribution in [2.24, 2.45) is 0 Å². The van der Waals surface area contributed by atoms with Crippen LogP contribution >= 0.6 is 11.8 Å². The molecular weight excluding hydrogens is 414 g/mol. The molecule has 0 aromatic carbocycles. The van der Waals surface area contributed by atoms with E-state index in [1.54, 1.807) is 11.8 Å². The first kappa shape index (κ1) is 28.1. The Balaban J connectivity index is 2.57. The van der Waals surface area contributed by atoms with Crippen molar-refractivity contribution >= 4 is 17.7 Å². The first-order chi connectivity index (χ1) is 15.2. The molecule has 1 unspecified atom stereocenters. The van der Waals surface area contributed by atoms with Gasteiger partial charge in [0.1, 0.15) is 6.04 Å². The van der Waals surface area contributed by atoms with Crippen LogP contribution in [0.15, 0.2) is 70.0 Å². The van der Waals surface area contributed by atoms with Crippen molar-refractivity contribution in [1.82, 2.24) is 5.32 Å². The first-order valence-corrected chi connectivity index (χ1v) is 12.9. The highest BCUT2D eigenvalue weighted by atomic mass is 32.2. The molecule has 0 aromatic rings. The molecular formula is C28H43NO2S. The highest BCUT2D eigenvalue weighted by Gasteiger charge is 2.19. The number of carbonyl (C=O) groups is 1. The van der Waals surface area contributed by atoms with E-state index >= 15 is 0 Å². The molecule has 0 aromatic heterocycles. The second-order valence-electron chi connectivity index (χ2n) is 9.10. The lowest BCUT2D eigenvalue weighted by molar-refractivity contribution is -0.138. The van der Waals surface area contributed by atoms with Crippen LogP contribution in [0.25, 0.3) is 0 Å². The van der Waals surface area contributed by atoms with Crippen molar-refractivity contribution in [3.8, 4) is 0 Å². The summed E-state index contributed by atoms with van der Waals surface area (Å²) in [5.74, 6) is 0.617. The van der Waals surface area contributed by atoms with Crippen LogP contribution in [0.1, 0.15) is 80.1 Å². The number of hydrogen-bond acceptors (Lipinski definition) is 3. The van der Waals surface area contributed by atoms with Gasteiger partial charge in [0.15, 0.2) is 0 Å². The zero-order valence-electron chi connectivity index (χ0n) is 21.0. The normalized spacial score (nSPS) is 15.1. The predicted molar refractivity (Wildman–Crippen MR) is 142 cm³/mol. The van der Waals surface area contributed by atoms with Gasteiger partial charge >= 0.3 is 5.97 Å². The summed E-state index contributed by atoms with van der Waals surface area (Å²) < 4.78 is 0. The molecule has 0 spiro atoms. The van der Waals surface area contributed by atoms with Crippen molar-refractivity contribution in [1.29, 1.82) is 0 Å². The van der Waals surface area contributed by atoms with Crippen LogP contribution in [0.2, 0.25) is 0 Å². The Kier molecular flexibility index (Phi) is 13.9. The van der Waals surface area contributed by atoms with E-state index < -0.39 is 12.0 Å². The Morgan fingerprint density at radius 3 is 2.34 bits per heavy atom. The lowest BCUT2D eigenvalue weighted by Gasteiger charge is -2.17. The summed E-state index contributed by atoms with van der Waals surface area (Å²) >= 11 is 1.69. The maximum absolute atomic E-state index is 11.7. The summed E-state index contributed by atoms with van der Waals surface area (Å²) in [6.45, 7) is 12.8. The summed E-state index contributed by atoms with van der Waals surface area (Å²) in [4.78, 5) is 11.7. The van der Waals surface area contributed by atoms with Gasteiger partial charge in [0.05, 0.1) is 0 Å². The SMILES string of the molecule is CC(C)=CCC/C(C)=C/CC/C(=C/CSCC(NC1=C(C)C=CC1)C(=O)O)CC=C(C)C. The predicted octanol–water partition coefficient (Wildman–Crippen LogP) is 7.75. The van der Waals surface area contributed by atoms with Gasteiger partial charge in [-0.1, -0.05) is 58.7 Å². The highest BCUT2D eigenvalue weighted by molar-refractivity contribution is 7.99. The Hall–Kier alpha value is -1.94. The van der Waals surface area contributed by atoms with Crippen molar-refractivity contribution < 1.29 is 9.90 Å². The average Bonchev–Trinajstić information content (AvgIpc) is 3.11. The molecule has 0 saturated carbocycles. The van der Waals surface area contributed by atoms with Crippen molar-refractivity contribution in [3.05, 3.63) is 70.0 Å². The number of nitrogens with one attached hydrogen (secondary N) is 1. The van der Waals surface area contributed by atoms with Crippen LogP contribution in [-0.4, -0.2) is 28.6 Å². The topological polar surface area (TPSA) is 49.3 Å². The third kappa shape index (κ3) is 12.8. The first-order valence-electron chi connectivity index (χ1n) is 11.7. The molecule has 1 aliphatic carbocycles. The van der Waals surface area contributed by atoms with Gasteiger partial charge in [0.2, 0.25) is 0 Å². The molecule has 3 nitrogen and oxygen atoms in total. The number of aliphatic carboxylic acids is 1. The quantitative estimate of drug-likeness (QED) is 0.195. The van der Waals surface area contributed by atoms with E-state index in [2.05, 4.69) is 70.3 Å². The Morgan fingerprint density at radius 1 is 1.06 bits per heavy atom. The van der Waals surface area contributed by atoms with E-state index in [1.165, 1.54) is 22.3 Å². The van der Waals surface area contributed by atoms with Crippen LogP contribution < -0.4 is 5.32 Å². The number of hydrogen-bond donors (Lipinski definition) is 2. The lowest BCUT2D eigenvalue weighted by atomic mass is 10.0. The monoisotopic (exact) mass is 457 g/mol. The zero-order valence-corrected chi connectivity index (χ0v) is 21.8. The standard InChI is InChI=1S/C28H43NO2S/c1-21(2)10-7-11-23(5)12-8-14-25(17-16-22(3)4)18-19-32-20-27(28(30)31)29-26-15-9-13-24(26)6/h9-10,12-13,16,18,27,29H,7-8,11,14-15,17,19-20H2,1-6H3,(H,30,31)/b23-12+,25-18-. The fourth-order valence-electron chi connectivity index (χ4n) is 3.35. The Labute approximate surface area is 200 Å². The van der Waals surface area contributed by atoms with Crippen LogP contribution in [0.3, 0.4) is 0 Å². The average molecular weight is 458 g/mol. The molecule has 178 valence electrons. The van der Waals surface area contributed by atoms with Gasteiger partial charge in [-0.3, -0.25) is 0 Å². The number of allylic oxidation sites excluding steroid dienone is 10. The van der Waals surface area contributed by atoms with E-state index in [4.69, 9.17) is 0 Å². The molecule has 32 heavy (non-hydrogen) atoms. The second kappa shape index (κ2) is 15.8. The summed E-state index contributed by atoms with van der Waals surface area (Å²) in [7, 11) is 0. The fourth-order valence-corrected chi connectivity index (χ4v) is 4.30. The largest absolute Gasteiger partial charge is 0.480 e. The van der Waals surface area contributed by atoms with Crippen molar-refractivity contribution in [2.45, 2.75) is 86.1 Å². The van der Waals surface area contributed by atoms with Gasteiger partial charge in [0.25, 0.3) is 0 Å². The third-order valence-electron chi connectivity index (χ3n) is 5.41. The highest BCUT2D eigenvalue weighted by Crippen LogP contribution is 2.19. The van der Waals surface area contributed by atoms with E-state index in [-0.39, 0.29) is 0 Å². The Morgan fingerprint density at radius 2 is 1.75 bits per heavy atom. The van der Waals surface area contributed by atoms with E-state index in [0.29, 0.717) is 5.75 Å². The summed E-state index contributed by atoms with van der Waals surface area (Å²) in [6, 6.07) is -0.550. The van der Waals surface area contributed by atoms with Crippen LogP contribution in [0.4, 0.5) is 0 Å². The molecule has 0 saturated heterocycles. The van der Waals surface area contributed by atoms with E-state index in [0.717, 1.165) is 55.5 Å². The molecule has 2 N–H and O–H groups in total. The minimum Gasteiger partial charge on any atom is -0.480 e. The number of carboxylic acids is 1. The summed E-state index contributed by atoms with van der Waals surface area (Å²) in [5, 5.41) is 12.8. The maximum atomic E-state index is 11.7. The van der Waals surface area contributed by atoms with E-state index in [1.807, 2.05) is 13.0 Å². The van der Waals surface area contributed by atoms with Crippen LogP contribution in [0.5, 0.6) is 0 Å². The smallest absolute Gasteiger partial charge is 0.326 e. The lowest BCUT2D eigenvalue weighted by Crippen LogP contribution is -2.38. The van der Waals surface area contributed by atoms with Gasteiger partial charge in [-0.2, -0.15) is 11.8 Å². The molecule has 1 aliphatic rings. The molecule has 0 fully saturated rings. The minimum absolute atomic E-state index is 0.550. The molecule has 1 atom stereocenters. The van der Waals surface area contributed by atoms with Gasteiger partial charge in [-0.15, -0.1) is 0 Å². The molecule has 0 aliphatic heterocycles. The zero-order chi connectivity index (χ0) is 23.9. The van der Waals surface area contributed by atoms with Crippen molar-refractivity contribution in [2.75, 3.05) is 11.5 Å². The number of thioether (sulfide) groups is 1. The van der Waals surface area contributed by atoms with E-state index in [9.17, 15) is 9.90 Å². The Bertz CT molecular complexity index is 788. The molecule has 0 radical (unpaired) electrons. The van der Waals surface area contributed by atoms with Crippen molar-refractivity contribution in [3.63, 3.8) is 0 Å². The molecule has 0 bridgehead atoms.